The lowest BCUT2D eigenvalue weighted by molar-refractivity contribution is -0.187. The third-order valence-corrected chi connectivity index (χ3v) is 9.00. The van der Waals surface area contributed by atoms with Crippen LogP contribution in [0, 0.1) is 0 Å². The summed E-state index contributed by atoms with van der Waals surface area (Å²) in [6.45, 7) is 12.0. The van der Waals surface area contributed by atoms with Crippen molar-refractivity contribution >= 4 is 14.2 Å². The fourth-order valence-corrected chi connectivity index (χ4v) is 3.10. The number of rotatable bonds is 4. The molecule has 1 amide bonds. The van der Waals surface area contributed by atoms with Crippen LogP contribution in [0.2, 0.25) is 18.1 Å². The van der Waals surface area contributed by atoms with Gasteiger partial charge in [-0.15, -0.1) is 0 Å². The predicted molar refractivity (Wildman–Crippen MR) is 87.6 cm³/mol. The zero-order chi connectivity index (χ0) is 18.1. The molecule has 0 N–H and O–H groups in total. The van der Waals surface area contributed by atoms with Crippen molar-refractivity contribution in [3.05, 3.63) is 24.3 Å². The zero-order valence-corrected chi connectivity index (χ0v) is 15.6. The van der Waals surface area contributed by atoms with Crippen LogP contribution in [0.25, 0.3) is 0 Å². The molecule has 0 unspecified atom stereocenters. The Kier molecular flexibility index (Phi) is 5.91. The largest absolute Gasteiger partial charge is 0.471 e. The maximum Gasteiger partial charge on any atom is 0.471 e. The Labute approximate surface area is 137 Å². The van der Waals surface area contributed by atoms with Crippen LogP contribution in [0.1, 0.15) is 27.7 Å². The molecular formula is C16H26F3NO2Si. The standard InChI is InChI=1S/C16H26F3NO2Si/c1-7-8-12-9-10-13(20(12)14(21)16(17,18)19)11-22-23(5,6)15(2,3)4/h7-10,12-13H,11H2,1-6H3/b8-7+/t12-,13-/m1/s1. The van der Waals surface area contributed by atoms with Gasteiger partial charge in [0.2, 0.25) is 0 Å². The first kappa shape index (κ1) is 20.0. The number of nitrogens with zero attached hydrogens (tertiary/aromatic N) is 1. The van der Waals surface area contributed by atoms with Gasteiger partial charge in [0.1, 0.15) is 0 Å². The minimum atomic E-state index is -4.89. The number of carbonyl (C=O) groups is 1. The molecule has 0 bridgehead atoms. The summed E-state index contributed by atoms with van der Waals surface area (Å²) < 4.78 is 44.6. The van der Waals surface area contributed by atoms with E-state index in [1.54, 1.807) is 31.2 Å². The van der Waals surface area contributed by atoms with E-state index >= 15 is 0 Å². The summed E-state index contributed by atoms with van der Waals surface area (Å²) in [6, 6.07) is -1.37. The van der Waals surface area contributed by atoms with E-state index in [4.69, 9.17) is 4.43 Å². The van der Waals surface area contributed by atoms with Crippen molar-refractivity contribution in [1.82, 2.24) is 4.90 Å². The van der Waals surface area contributed by atoms with E-state index in [9.17, 15) is 18.0 Å². The molecular weight excluding hydrogens is 323 g/mol. The summed E-state index contributed by atoms with van der Waals surface area (Å²) in [7, 11) is -2.09. The molecule has 1 rings (SSSR count). The van der Waals surface area contributed by atoms with Crippen LogP contribution in [0.3, 0.4) is 0 Å². The molecule has 2 atom stereocenters. The molecule has 7 heteroatoms. The van der Waals surface area contributed by atoms with Crippen molar-refractivity contribution in [3.8, 4) is 0 Å². The number of hydrogen-bond acceptors (Lipinski definition) is 2. The van der Waals surface area contributed by atoms with Crippen LogP contribution in [0.5, 0.6) is 0 Å². The molecule has 23 heavy (non-hydrogen) atoms. The van der Waals surface area contributed by atoms with Crippen LogP contribution in [-0.2, 0) is 9.22 Å². The lowest BCUT2D eigenvalue weighted by atomic mass is 10.2. The fraction of sp³-hybridized carbons (Fsp3) is 0.688. The molecule has 1 heterocycles. The first-order valence-electron chi connectivity index (χ1n) is 7.66. The van der Waals surface area contributed by atoms with Crippen LogP contribution in [-0.4, -0.2) is 44.0 Å². The van der Waals surface area contributed by atoms with Crippen LogP contribution < -0.4 is 0 Å². The average molecular weight is 349 g/mol. The normalized spacial score (nSPS) is 23.1. The lowest BCUT2D eigenvalue weighted by Crippen LogP contribution is -2.51. The molecule has 1 aliphatic rings. The molecule has 3 nitrogen and oxygen atoms in total. The van der Waals surface area contributed by atoms with E-state index in [1.165, 1.54) is 0 Å². The molecule has 0 radical (unpaired) electrons. The second kappa shape index (κ2) is 6.81. The van der Waals surface area contributed by atoms with Gasteiger partial charge in [0, 0.05) is 0 Å². The Morgan fingerprint density at radius 2 is 1.83 bits per heavy atom. The molecule has 0 aromatic carbocycles. The third kappa shape index (κ3) is 4.70. The van der Waals surface area contributed by atoms with Gasteiger partial charge in [-0.25, -0.2) is 0 Å². The van der Waals surface area contributed by atoms with Gasteiger partial charge in [0.25, 0.3) is 0 Å². The van der Waals surface area contributed by atoms with Crippen molar-refractivity contribution in [2.45, 2.75) is 64.1 Å². The Morgan fingerprint density at radius 1 is 1.26 bits per heavy atom. The van der Waals surface area contributed by atoms with E-state index in [1.807, 2.05) is 13.1 Å². The van der Waals surface area contributed by atoms with Gasteiger partial charge < -0.3 is 9.33 Å². The van der Waals surface area contributed by atoms with Gasteiger partial charge in [0.05, 0.1) is 18.7 Å². The molecule has 0 spiro atoms. The highest BCUT2D eigenvalue weighted by Crippen LogP contribution is 2.37. The van der Waals surface area contributed by atoms with E-state index in [0.29, 0.717) is 0 Å². The summed E-state index contributed by atoms with van der Waals surface area (Å²) in [5.74, 6) is -1.82. The van der Waals surface area contributed by atoms with Crippen LogP contribution in [0.15, 0.2) is 24.3 Å². The Balaban J connectivity index is 2.93. The second-order valence-electron chi connectivity index (χ2n) is 7.25. The summed E-state index contributed by atoms with van der Waals surface area (Å²) >= 11 is 0. The lowest BCUT2D eigenvalue weighted by Gasteiger charge is -2.38. The molecule has 1 aliphatic heterocycles. The topological polar surface area (TPSA) is 29.5 Å². The molecule has 0 aromatic rings. The average Bonchev–Trinajstić information content (AvgIpc) is 2.76. The smallest absolute Gasteiger partial charge is 0.414 e. The number of hydrogen-bond donors (Lipinski definition) is 0. The maximum atomic E-state index is 12.9. The van der Waals surface area contributed by atoms with Gasteiger partial charge in [-0.3, -0.25) is 4.79 Å². The number of carbonyl (C=O) groups excluding carboxylic acids is 1. The highest BCUT2D eigenvalue weighted by atomic mass is 28.4. The fourth-order valence-electron chi connectivity index (χ4n) is 2.08. The maximum absolute atomic E-state index is 12.9. The van der Waals surface area contributed by atoms with E-state index in [-0.39, 0.29) is 11.6 Å². The molecule has 0 aliphatic carbocycles. The third-order valence-electron chi connectivity index (χ3n) is 4.50. The van der Waals surface area contributed by atoms with Crippen molar-refractivity contribution in [3.63, 3.8) is 0 Å². The second-order valence-corrected chi connectivity index (χ2v) is 12.1. The predicted octanol–water partition coefficient (Wildman–Crippen LogP) is 4.28. The summed E-state index contributed by atoms with van der Waals surface area (Å²) in [5.41, 5.74) is 0. The van der Waals surface area contributed by atoms with Crippen LogP contribution >= 0.6 is 0 Å². The van der Waals surface area contributed by atoms with Gasteiger partial charge in [-0.05, 0) is 25.1 Å². The monoisotopic (exact) mass is 349 g/mol. The van der Waals surface area contributed by atoms with E-state index in [0.717, 1.165) is 4.90 Å². The summed E-state index contributed by atoms with van der Waals surface area (Å²) in [5, 5.41) is -0.0447. The molecule has 0 saturated carbocycles. The van der Waals surface area contributed by atoms with Gasteiger partial charge in [-0.2, -0.15) is 13.2 Å². The Bertz CT molecular complexity index is 493. The Hall–Kier alpha value is -1.08. The number of alkyl halides is 3. The van der Waals surface area contributed by atoms with Gasteiger partial charge in [-0.1, -0.05) is 45.1 Å². The first-order chi connectivity index (χ1) is 10.3. The number of allylic oxidation sites excluding steroid dienone is 1. The minimum absolute atomic E-state index is 0.0447. The van der Waals surface area contributed by atoms with Crippen LogP contribution in [0.4, 0.5) is 13.2 Å². The van der Waals surface area contributed by atoms with Gasteiger partial charge >= 0.3 is 12.1 Å². The Morgan fingerprint density at radius 3 is 2.26 bits per heavy atom. The SMILES string of the molecule is C/C=C/[C@@H]1C=C[C@H](CO[Si](C)(C)C(C)(C)C)N1C(=O)C(F)(F)F. The highest BCUT2D eigenvalue weighted by molar-refractivity contribution is 6.74. The summed E-state index contributed by atoms with van der Waals surface area (Å²) in [4.78, 5) is 12.6. The first-order valence-corrected chi connectivity index (χ1v) is 10.6. The zero-order valence-electron chi connectivity index (χ0n) is 14.6. The molecule has 0 aromatic heterocycles. The quantitative estimate of drug-likeness (QED) is 0.560. The highest BCUT2D eigenvalue weighted by Gasteiger charge is 2.48. The molecule has 0 saturated heterocycles. The van der Waals surface area contributed by atoms with Crippen molar-refractivity contribution in [2.75, 3.05) is 6.61 Å². The molecule has 132 valence electrons. The van der Waals surface area contributed by atoms with E-state index < -0.39 is 32.5 Å². The van der Waals surface area contributed by atoms with Crippen molar-refractivity contribution in [2.24, 2.45) is 0 Å². The van der Waals surface area contributed by atoms with Crippen molar-refractivity contribution in [1.29, 1.82) is 0 Å². The number of halogens is 3. The van der Waals surface area contributed by atoms with Gasteiger partial charge in [0.15, 0.2) is 8.32 Å². The van der Waals surface area contributed by atoms with E-state index in [2.05, 4.69) is 20.8 Å². The minimum Gasteiger partial charge on any atom is -0.414 e. The number of amides is 1. The summed E-state index contributed by atoms with van der Waals surface area (Å²) in [6.07, 6.45) is 1.57. The van der Waals surface area contributed by atoms with Crippen molar-refractivity contribution < 1.29 is 22.4 Å². The molecule has 0 fully saturated rings.